The van der Waals surface area contributed by atoms with E-state index >= 15 is 0 Å². The third-order valence-electron chi connectivity index (χ3n) is 7.20. The van der Waals surface area contributed by atoms with E-state index in [2.05, 4.69) is 52.4 Å². The van der Waals surface area contributed by atoms with Crippen molar-refractivity contribution in [2.75, 3.05) is 60.1 Å². The normalized spacial score (nSPS) is 27.0. The van der Waals surface area contributed by atoms with Crippen LogP contribution in [0.3, 0.4) is 0 Å². The highest BCUT2D eigenvalue weighted by atomic mass is 35.5. The second-order valence-electron chi connectivity index (χ2n) is 9.75. The fourth-order valence-corrected chi connectivity index (χ4v) is 4.99. The van der Waals surface area contributed by atoms with Crippen molar-refractivity contribution in [3.8, 4) is 5.75 Å². The standard InChI is InChI=1S/C25H42N4O3.2ClH/c1-26-10-11-29(2)18-21-17-27-28-25(21)20-3-5-22(6-4-20)32-24-15-23(16-24)31-14-9-19-7-12-30-13-8-19;;/h3-6,19,21,23-28H,7-18H2,1-2H3;2*1H. The zero-order chi connectivity index (χ0) is 22.2. The number of halogens is 2. The summed E-state index contributed by atoms with van der Waals surface area (Å²) in [6.07, 6.45) is 6.21. The molecule has 3 fully saturated rings. The molecule has 7 nitrogen and oxygen atoms in total. The highest BCUT2D eigenvalue weighted by molar-refractivity contribution is 5.85. The number of hydrogen-bond acceptors (Lipinski definition) is 7. The van der Waals surface area contributed by atoms with E-state index in [1.165, 1.54) is 24.8 Å². The molecule has 0 amide bonds. The summed E-state index contributed by atoms with van der Waals surface area (Å²) in [4.78, 5) is 2.40. The molecule has 2 heterocycles. The minimum absolute atomic E-state index is 0. The highest BCUT2D eigenvalue weighted by Crippen LogP contribution is 2.31. The van der Waals surface area contributed by atoms with Crippen LogP contribution in [-0.4, -0.2) is 77.2 Å². The van der Waals surface area contributed by atoms with Gasteiger partial charge in [-0.15, -0.1) is 24.8 Å². The molecule has 0 bridgehead atoms. The Morgan fingerprint density at radius 2 is 1.82 bits per heavy atom. The second kappa shape index (κ2) is 15.5. The quantitative estimate of drug-likeness (QED) is 0.392. The Balaban J connectivity index is 0.00000204. The first kappa shape index (κ1) is 29.6. The van der Waals surface area contributed by atoms with Crippen molar-refractivity contribution in [3.05, 3.63) is 29.8 Å². The molecule has 0 aromatic heterocycles. The van der Waals surface area contributed by atoms with Crippen LogP contribution in [0.5, 0.6) is 5.75 Å². The number of rotatable bonds is 12. The van der Waals surface area contributed by atoms with Gasteiger partial charge in [0.15, 0.2) is 0 Å². The molecule has 4 rings (SSSR count). The molecule has 9 heteroatoms. The van der Waals surface area contributed by atoms with E-state index in [0.717, 1.165) is 70.5 Å². The molecule has 3 aliphatic rings. The fourth-order valence-electron chi connectivity index (χ4n) is 4.99. The van der Waals surface area contributed by atoms with Gasteiger partial charge in [-0.25, -0.2) is 5.43 Å². The number of hydrogen-bond donors (Lipinski definition) is 3. The van der Waals surface area contributed by atoms with Crippen LogP contribution in [0.2, 0.25) is 0 Å². The Morgan fingerprint density at radius 3 is 2.53 bits per heavy atom. The van der Waals surface area contributed by atoms with Crippen molar-refractivity contribution in [2.45, 2.75) is 50.4 Å². The average molecular weight is 520 g/mol. The molecule has 196 valence electrons. The molecule has 0 spiro atoms. The average Bonchev–Trinajstić information content (AvgIpc) is 3.25. The van der Waals surface area contributed by atoms with Crippen LogP contribution in [0.25, 0.3) is 0 Å². The van der Waals surface area contributed by atoms with E-state index in [4.69, 9.17) is 14.2 Å². The Morgan fingerprint density at radius 1 is 1.09 bits per heavy atom. The van der Waals surface area contributed by atoms with E-state index in [1.54, 1.807) is 0 Å². The molecule has 2 unspecified atom stereocenters. The summed E-state index contributed by atoms with van der Waals surface area (Å²) in [6, 6.07) is 8.99. The van der Waals surface area contributed by atoms with Gasteiger partial charge in [0.25, 0.3) is 0 Å². The number of hydrazine groups is 1. The fraction of sp³-hybridized carbons (Fsp3) is 0.760. The van der Waals surface area contributed by atoms with Gasteiger partial charge in [-0.1, -0.05) is 12.1 Å². The molecule has 2 atom stereocenters. The lowest BCUT2D eigenvalue weighted by Gasteiger charge is -2.35. The molecule has 2 saturated heterocycles. The summed E-state index contributed by atoms with van der Waals surface area (Å²) in [5.74, 6) is 2.30. The van der Waals surface area contributed by atoms with Crippen LogP contribution < -0.4 is 20.9 Å². The largest absolute Gasteiger partial charge is 0.490 e. The van der Waals surface area contributed by atoms with Crippen LogP contribution >= 0.6 is 24.8 Å². The first-order valence-electron chi connectivity index (χ1n) is 12.5. The Bertz CT molecular complexity index is 673. The van der Waals surface area contributed by atoms with Gasteiger partial charge < -0.3 is 24.4 Å². The van der Waals surface area contributed by atoms with Crippen molar-refractivity contribution in [2.24, 2.45) is 11.8 Å². The third-order valence-corrected chi connectivity index (χ3v) is 7.20. The van der Waals surface area contributed by atoms with Crippen molar-refractivity contribution in [3.63, 3.8) is 0 Å². The number of nitrogens with one attached hydrogen (secondary N) is 3. The number of ether oxygens (including phenoxy) is 3. The zero-order valence-corrected chi connectivity index (χ0v) is 22.3. The second-order valence-corrected chi connectivity index (χ2v) is 9.75. The lowest BCUT2D eigenvalue weighted by Crippen LogP contribution is -2.39. The Labute approximate surface area is 217 Å². The van der Waals surface area contributed by atoms with Gasteiger partial charge >= 0.3 is 0 Å². The lowest BCUT2D eigenvalue weighted by atomic mass is 9.91. The maximum Gasteiger partial charge on any atom is 0.119 e. The molecular formula is C25H44Cl2N4O3. The molecule has 2 aliphatic heterocycles. The molecule has 1 aromatic rings. The predicted octanol–water partition coefficient (Wildman–Crippen LogP) is 3.19. The minimum atomic E-state index is 0. The number of nitrogens with zero attached hydrogens (tertiary/aromatic N) is 1. The molecule has 1 aromatic carbocycles. The van der Waals surface area contributed by atoms with Crippen molar-refractivity contribution >= 4 is 24.8 Å². The summed E-state index contributed by atoms with van der Waals surface area (Å²) in [7, 11) is 4.20. The maximum absolute atomic E-state index is 6.18. The van der Waals surface area contributed by atoms with Gasteiger partial charge in [0.2, 0.25) is 0 Å². The summed E-state index contributed by atoms with van der Waals surface area (Å²) >= 11 is 0. The Hall–Kier alpha value is -0.640. The summed E-state index contributed by atoms with van der Waals surface area (Å²) in [5, 5.41) is 3.22. The molecule has 3 N–H and O–H groups in total. The van der Waals surface area contributed by atoms with Gasteiger partial charge in [-0.05, 0) is 57.0 Å². The maximum atomic E-state index is 6.18. The topological polar surface area (TPSA) is 67.0 Å². The van der Waals surface area contributed by atoms with Gasteiger partial charge in [0, 0.05) is 64.8 Å². The molecule has 0 radical (unpaired) electrons. The monoisotopic (exact) mass is 518 g/mol. The highest BCUT2D eigenvalue weighted by Gasteiger charge is 2.32. The van der Waals surface area contributed by atoms with Crippen LogP contribution in [-0.2, 0) is 9.47 Å². The first-order valence-corrected chi connectivity index (χ1v) is 12.5. The lowest BCUT2D eigenvalue weighted by molar-refractivity contribution is -0.0665. The SMILES string of the molecule is CNCCN(C)CC1CNNC1c1ccc(OC2CC(OCCC3CCOCC3)C2)cc1.Cl.Cl. The van der Waals surface area contributed by atoms with Gasteiger partial charge in [0.1, 0.15) is 11.9 Å². The molecule has 34 heavy (non-hydrogen) atoms. The van der Waals surface area contributed by atoms with E-state index in [0.29, 0.717) is 18.1 Å². The molecular weight excluding hydrogens is 475 g/mol. The van der Waals surface area contributed by atoms with Crippen LogP contribution in [0, 0.1) is 11.8 Å². The summed E-state index contributed by atoms with van der Waals surface area (Å²) < 4.78 is 17.7. The third kappa shape index (κ3) is 8.79. The van der Waals surface area contributed by atoms with Crippen LogP contribution in [0.15, 0.2) is 24.3 Å². The Kier molecular flexibility index (Phi) is 13.5. The summed E-state index contributed by atoms with van der Waals surface area (Å²) in [5.41, 5.74) is 8.12. The van der Waals surface area contributed by atoms with Crippen LogP contribution in [0.4, 0.5) is 0 Å². The van der Waals surface area contributed by atoms with Crippen molar-refractivity contribution < 1.29 is 14.2 Å². The molecule has 1 aliphatic carbocycles. The van der Waals surface area contributed by atoms with E-state index in [1.807, 2.05) is 7.05 Å². The zero-order valence-electron chi connectivity index (χ0n) is 20.7. The smallest absolute Gasteiger partial charge is 0.119 e. The van der Waals surface area contributed by atoms with Gasteiger partial charge in [-0.2, -0.15) is 0 Å². The minimum Gasteiger partial charge on any atom is -0.490 e. The predicted molar refractivity (Wildman–Crippen MR) is 141 cm³/mol. The number of likely N-dealkylation sites (N-methyl/N-ethyl adjacent to an activating group) is 2. The van der Waals surface area contributed by atoms with Crippen molar-refractivity contribution in [1.82, 2.24) is 21.1 Å². The van der Waals surface area contributed by atoms with Crippen molar-refractivity contribution in [1.29, 1.82) is 0 Å². The number of benzene rings is 1. The first-order chi connectivity index (χ1) is 15.7. The van der Waals surface area contributed by atoms with Crippen LogP contribution in [0.1, 0.15) is 43.7 Å². The summed E-state index contributed by atoms with van der Waals surface area (Å²) in [6.45, 7) is 6.87. The van der Waals surface area contributed by atoms with E-state index in [-0.39, 0.29) is 30.9 Å². The van der Waals surface area contributed by atoms with Gasteiger partial charge in [-0.3, -0.25) is 5.43 Å². The van der Waals surface area contributed by atoms with E-state index < -0.39 is 0 Å². The molecule has 1 saturated carbocycles. The van der Waals surface area contributed by atoms with Gasteiger partial charge in [0.05, 0.1) is 12.1 Å². The van der Waals surface area contributed by atoms with E-state index in [9.17, 15) is 0 Å².